The minimum Gasteiger partial charge on any atom is -0.472 e. The van der Waals surface area contributed by atoms with Gasteiger partial charge in [-0.25, -0.2) is 13.4 Å². The van der Waals surface area contributed by atoms with Crippen molar-refractivity contribution in [3.8, 4) is 17.1 Å². The van der Waals surface area contributed by atoms with Crippen LogP contribution in [-0.4, -0.2) is 72.6 Å². The van der Waals surface area contributed by atoms with Crippen molar-refractivity contribution in [2.75, 3.05) is 13.2 Å². The number of hydrogen-bond donors (Lipinski definition) is 1. The van der Waals surface area contributed by atoms with E-state index in [-0.39, 0.29) is 43.1 Å². The van der Waals surface area contributed by atoms with Crippen LogP contribution in [-0.2, 0) is 29.1 Å². The van der Waals surface area contributed by atoms with Gasteiger partial charge >= 0.3 is 0 Å². The van der Waals surface area contributed by atoms with E-state index in [1.54, 1.807) is 17.9 Å². The molecule has 6 atom stereocenters. The maximum atomic E-state index is 14.2. The summed E-state index contributed by atoms with van der Waals surface area (Å²) in [5, 5.41) is 1.18. The standard InChI is InChI=1S/C37H43N3O7S/c1-5-27-20-37(27,36(43)39-48(44,45)29-16-17-29)21-33(41)32-19-28(22-40(32)35(42)23(3)24(4)46-6-2)47-34-30-15-11-10-14-26(30)18-31(38-34)25-12-8-7-9-13-25/h5,7-15,18,23-24,27-29,32H,1,6,16-17,19-22H2,2-4H3,(H,39,43)/t23-,24-,27+,28+,32-,37+/m0/s1. The van der Waals surface area contributed by atoms with Crippen LogP contribution >= 0.6 is 0 Å². The summed E-state index contributed by atoms with van der Waals surface area (Å²) in [6.07, 6.45) is 1.98. The molecule has 3 fully saturated rings. The van der Waals surface area contributed by atoms with E-state index >= 15 is 0 Å². The average molecular weight is 674 g/mol. The first kappa shape index (κ1) is 33.8. The largest absolute Gasteiger partial charge is 0.472 e. The van der Waals surface area contributed by atoms with Crippen molar-refractivity contribution in [1.29, 1.82) is 0 Å². The highest BCUT2D eigenvalue weighted by Crippen LogP contribution is 2.57. The number of ether oxygens (including phenoxy) is 2. The monoisotopic (exact) mass is 673 g/mol. The van der Waals surface area contributed by atoms with E-state index in [1.807, 2.05) is 74.5 Å². The first-order valence-corrected chi connectivity index (χ1v) is 18.3. The molecule has 48 heavy (non-hydrogen) atoms. The van der Waals surface area contributed by atoms with E-state index in [4.69, 9.17) is 14.5 Å². The van der Waals surface area contributed by atoms with Crippen molar-refractivity contribution in [2.45, 2.75) is 76.4 Å². The molecule has 1 aliphatic heterocycles. The van der Waals surface area contributed by atoms with Crippen LogP contribution in [0.5, 0.6) is 5.88 Å². The number of rotatable bonds is 14. The van der Waals surface area contributed by atoms with Gasteiger partial charge in [-0.05, 0) is 56.5 Å². The molecule has 2 heterocycles. The highest BCUT2D eigenvalue weighted by molar-refractivity contribution is 7.90. The van der Waals surface area contributed by atoms with Gasteiger partial charge in [-0.15, -0.1) is 6.58 Å². The topological polar surface area (TPSA) is 132 Å². The zero-order chi connectivity index (χ0) is 34.2. The summed E-state index contributed by atoms with van der Waals surface area (Å²) < 4.78 is 39.8. The van der Waals surface area contributed by atoms with Crippen LogP contribution in [0.2, 0.25) is 0 Å². The van der Waals surface area contributed by atoms with E-state index in [1.165, 1.54) is 0 Å². The van der Waals surface area contributed by atoms with Crippen LogP contribution in [0.3, 0.4) is 0 Å². The molecular formula is C37H43N3O7S. The Balaban J connectivity index is 1.28. The number of nitrogens with one attached hydrogen (secondary N) is 1. The number of pyridine rings is 1. The van der Waals surface area contributed by atoms with Crippen molar-refractivity contribution in [3.63, 3.8) is 0 Å². The van der Waals surface area contributed by atoms with Crippen LogP contribution in [0.4, 0.5) is 0 Å². The molecule has 11 heteroatoms. The summed E-state index contributed by atoms with van der Waals surface area (Å²) in [5.41, 5.74) is 0.442. The molecule has 1 N–H and O–H groups in total. The van der Waals surface area contributed by atoms with E-state index in [0.717, 1.165) is 22.0 Å². The van der Waals surface area contributed by atoms with Crippen LogP contribution in [0, 0.1) is 17.3 Å². The third-order valence-electron chi connectivity index (χ3n) is 10.1. The normalized spacial score (nSPS) is 24.9. The van der Waals surface area contributed by atoms with Gasteiger partial charge in [0.05, 0.1) is 41.0 Å². The molecule has 254 valence electrons. The predicted octanol–water partition coefficient (Wildman–Crippen LogP) is 5.07. The summed E-state index contributed by atoms with van der Waals surface area (Å²) in [6, 6.07) is 18.7. The number of aromatic nitrogens is 1. The Kier molecular flexibility index (Phi) is 9.46. The van der Waals surface area contributed by atoms with Crippen molar-refractivity contribution < 1.29 is 32.3 Å². The van der Waals surface area contributed by atoms with E-state index < -0.39 is 44.7 Å². The Bertz CT molecular complexity index is 1830. The van der Waals surface area contributed by atoms with Gasteiger partial charge < -0.3 is 14.4 Å². The molecule has 2 amide bonds. The molecule has 2 aromatic carbocycles. The summed E-state index contributed by atoms with van der Waals surface area (Å²) in [5.74, 6) is -1.72. The molecule has 2 aliphatic carbocycles. The number of nitrogens with zero attached hydrogens (tertiary/aromatic N) is 2. The number of benzene rings is 2. The fourth-order valence-corrected chi connectivity index (χ4v) is 8.17. The van der Waals surface area contributed by atoms with Gasteiger partial charge in [0.1, 0.15) is 6.10 Å². The fraction of sp³-hybridized carbons (Fsp3) is 0.459. The second-order valence-electron chi connectivity index (χ2n) is 13.4. The SMILES string of the molecule is C=C[C@@H]1C[C@]1(CC(=O)[C@@H]1C[C@@H](Oc2nc(-c3ccccc3)cc3ccccc23)CN1C(=O)[C@@H](C)[C@H](C)OCC)C(=O)NS(=O)(=O)C1CC1. The lowest BCUT2D eigenvalue weighted by Gasteiger charge is -2.29. The number of allylic oxidation sites excluding steroid dienone is 1. The fourth-order valence-electron chi connectivity index (χ4n) is 6.78. The van der Waals surface area contributed by atoms with Crippen molar-refractivity contribution in [1.82, 2.24) is 14.6 Å². The second-order valence-corrected chi connectivity index (χ2v) is 15.3. The number of carbonyl (C=O) groups is 3. The number of fused-ring (bicyclic) bond motifs is 1. The molecule has 3 aliphatic rings. The molecule has 10 nitrogen and oxygen atoms in total. The smallest absolute Gasteiger partial charge is 0.240 e. The minimum atomic E-state index is -3.80. The lowest BCUT2D eigenvalue weighted by molar-refractivity contribution is -0.145. The lowest BCUT2D eigenvalue weighted by atomic mass is 9.91. The zero-order valence-electron chi connectivity index (χ0n) is 27.6. The zero-order valence-corrected chi connectivity index (χ0v) is 28.4. The minimum absolute atomic E-state index is 0.143. The Morgan fingerprint density at radius 3 is 2.48 bits per heavy atom. The quantitative estimate of drug-likeness (QED) is 0.235. The van der Waals surface area contributed by atoms with Crippen LogP contribution in [0.1, 0.15) is 52.9 Å². The summed E-state index contributed by atoms with van der Waals surface area (Å²) in [7, 11) is -3.80. The number of hydrogen-bond acceptors (Lipinski definition) is 8. The Morgan fingerprint density at radius 1 is 1.10 bits per heavy atom. The van der Waals surface area contributed by atoms with Gasteiger partial charge in [0.15, 0.2) is 5.78 Å². The Morgan fingerprint density at radius 2 is 1.81 bits per heavy atom. The molecule has 0 bridgehead atoms. The Hall–Kier alpha value is -4.09. The van der Waals surface area contributed by atoms with Gasteiger partial charge in [-0.1, -0.05) is 61.5 Å². The highest BCUT2D eigenvalue weighted by Gasteiger charge is 2.61. The predicted molar refractivity (Wildman–Crippen MR) is 182 cm³/mol. The molecule has 0 unspecified atom stereocenters. The third kappa shape index (κ3) is 6.75. The maximum Gasteiger partial charge on any atom is 0.240 e. The Labute approximate surface area is 281 Å². The van der Waals surface area contributed by atoms with Crippen molar-refractivity contribution in [3.05, 3.63) is 73.3 Å². The number of carbonyl (C=O) groups excluding carboxylic acids is 3. The van der Waals surface area contributed by atoms with Crippen molar-refractivity contribution in [2.24, 2.45) is 17.3 Å². The van der Waals surface area contributed by atoms with Crippen LogP contribution in [0.15, 0.2) is 73.3 Å². The van der Waals surface area contributed by atoms with Gasteiger partial charge in [0.2, 0.25) is 27.7 Å². The molecule has 1 saturated heterocycles. The molecule has 1 aromatic heterocycles. The number of ketones is 1. The summed E-state index contributed by atoms with van der Waals surface area (Å²) >= 11 is 0. The third-order valence-corrected chi connectivity index (χ3v) is 11.9. The van der Waals surface area contributed by atoms with Gasteiger partial charge in [0, 0.05) is 30.4 Å². The van der Waals surface area contributed by atoms with E-state index in [2.05, 4.69) is 11.3 Å². The molecule has 3 aromatic rings. The molecule has 6 rings (SSSR count). The van der Waals surface area contributed by atoms with Gasteiger partial charge in [-0.2, -0.15) is 0 Å². The van der Waals surface area contributed by atoms with Crippen LogP contribution < -0.4 is 9.46 Å². The average Bonchev–Trinajstić information content (AvgIpc) is 4.01. The second kappa shape index (κ2) is 13.4. The van der Waals surface area contributed by atoms with Crippen LogP contribution in [0.25, 0.3) is 22.0 Å². The first-order chi connectivity index (χ1) is 23.0. The summed E-state index contributed by atoms with van der Waals surface area (Å²) in [4.78, 5) is 48.0. The van der Waals surface area contributed by atoms with E-state index in [9.17, 15) is 22.8 Å². The van der Waals surface area contributed by atoms with Crippen molar-refractivity contribution >= 4 is 38.4 Å². The van der Waals surface area contributed by atoms with Gasteiger partial charge in [0.25, 0.3) is 0 Å². The number of amides is 2. The summed E-state index contributed by atoms with van der Waals surface area (Å²) in [6.45, 7) is 9.87. The molecular weight excluding hydrogens is 630 g/mol. The molecule has 2 saturated carbocycles. The number of likely N-dealkylation sites (tertiary alicyclic amines) is 1. The first-order valence-electron chi connectivity index (χ1n) is 16.7. The number of sulfonamides is 1. The molecule has 0 radical (unpaired) electrons. The molecule has 0 spiro atoms. The maximum absolute atomic E-state index is 14.2. The van der Waals surface area contributed by atoms with E-state index in [0.29, 0.717) is 31.7 Å². The van der Waals surface area contributed by atoms with Gasteiger partial charge in [-0.3, -0.25) is 19.1 Å². The lowest BCUT2D eigenvalue weighted by Crippen LogP contribution is -2.47. The number of Topliss-reactive ketones (excluding diaryl/α,β-unsaturated/α-hetero) is 1. The highest BCUT2D eigenvalue weighted by atomic mass is 32.2.